The Labute approximate surface area is 135 Å². The predicted molar refractivity (Wildman–Crippen MR) is 91.6 cm³/mol. The first-order chi connectivity index (χ1) is 11.3. The van der Waals surface area contributed by atoms with Gasteiger partial charge in [-0.25, -0.2) is 0 Å². The van der Waals surface area contributed by atoms with Crippen LogP contribution < -0.4 is 10.1 Å². The highest BCUT2D eigenvalue weighted by atomic mass is 16.5. The van der Waals surface area contributed by atoms with Crippen LogP contribution in [0.2, 0.25) is 0 Å². The molecule has 0 spiro atoms. The van der Waals surface area contributed by atoms with Gasteiger partial charge in [-0.2, -0.15) is 0 Å². The van der Waals surface area contributed by atoms with Crippen LogP contribution in [-0.2, 0) is 17.8 Å². The first-order valence-electron chi connectivity index (χ1n) is 7.70. The smallest absolute Gasteiger partial charge is 0.224 e. The summed E-state index contributed by atoms with van der Waals surface area (Å²) >= 11 is 0. The van der Waals surface area contributed by atoms with Crippen molar-refractivity contribution in [3.63, 3.8) is 0 Å². The molecule has 0 unspecified atom stereocenters. The van der Waals surface area contributed by atoms with Gasteiger partial charge in [-0.1, -0.05) is 30.3 Å². The number of methoxy groups -OCH3 is 1. The number of para-hydroxylation sites is 1. The Morgan fingerprint density at radius 2 is 1.87 bits per heavy atom. The number of nitrogens with one attached hydrogen (secondary N) is 1. The van der Waals surface area contributed by atoms with E-state index in [1.807, 2.05) is 36.4 Å². The average molecular weight is 308 g/mol. The van der Waals surface area contributed by atoms with Crippen molar-refractivity contribution >= 4 is 16.8 Å². The second-order valence-electron chi connectivity index (χ2n) is 5.44. The average Bonchev–Trinajstić information content (AvgIpc) is 2.99. The Balaban J connectivity index is 1.51. The van der Waals surface area contributed by atoms with Crippen molar-refractivity contribution in [3.05, 3.63) is 66.4 Å². The first-order valence-corrected chi connectivity index (χ1v) is 7.70. The monoisotopic (exact) mass is 308 g/mol. The van der Waals surface area contributed by atoms with Crippen LogP contribution in [0.1, 0.15) is 5.56 Å². The Hall–Kier alpha value is -2.75. The minimum atomic E-state index is 0.0339. The number of carbonyl (C=O) groups excluding carboxylic acids is 1. The molecule has 1 amide bonds. The first kappa shape index (κ1) is 15.2. The van der Waals surface area contributed by atoms with Gasteiger partial charge in [0.25, 0.3) is 0 Å². The second kappa shape index (κ2) is 7.01. The lowest BCUT2D eigenvalue weighted by Crippen LogP contribution is -2.28. The van der Waals surface area contributed by atoms with Crippen LogP contribution >= 0.6 is 0 Å². The molecule has 3 rings (SSSR count). The van der Waals surface area contributed by atoms with Gasteiger partial charge < -0.3 is 14.6 Å². The summed E-state index contributed by atoms with van der Waals surface area (Å²) in [5.74, 6) is 0.834. The van der Waals surface area contributed by atoms with Gasteiger partial charge in [-0.15, -0.1) is 0 Å². The third-order valence-electron chi connectivity index (χ3n) is 3.88. The van der Waals surface area contributed by atoms with Gasteiger partial charge in [0.1, 0.15) is 5.75 Å². The normalized spacial score (nSPS) is 10.7. The third-order valence-corrected chi connectivity index (χ3v) is 3.88. The number of fused-ring (bicyclic) bond motifs is 1. The molecule has 4 nitrogen and oxygen atoms in total. The fraction of sp³-hybridized carbons (Fsp3) is 0.211. The van der Waals surface area contributed by atoms with Gasteiger partial charge in [0.05, 0.1) is 13.5 Å². The predicted octanol–water partition coefficient (Wildman–Crippen LogP) is 3.01. The van der Waals surface area contributed by atoms with Crippen molar-refractivity contribution in [2.45, 2.75) is 13.0 Å². The van der Waals surface area contributed by atoms with Crippen molar-refractivity contribution in [2.24, 2.45) is 0 Å². The summed E-state index contributed by atoms with van der Waals surface area (Å²) in [5, 5.41) is 4.19. The molecule has 2 aromatic carbocycles. The molecule has 0 saturated heterocycles. The molecule has 1 aromatic heterocycles. The summed E-state index contributed by atoms with van der Waals surface area (Å²) in [6, 6.07) is 17.9. The van der Waals surface area contributed by atoms with Crippen LogP contribution in [0.25, 0.3) is 10.9 Å². The topological polar surface area (TPSA) is 43.3 Å². The van der Waals surface area contributed by atoms with E-state index in [4.69, 9.17) is 4.74 Å². The molecular formula is C19H20N2O2. The minimum Gasteiger partial charge on any atom is -0.497 e. The van der Waals surface area contributed by atoms with Crippen LogP contribution in [0.3, 0.4) is 0 Å². The number of nitrogens with zero attached hydrogens (tertiary/aromatic N) is 1. The third kappa shape index (κ3) is 3.72. The van der Waals surface area contributed by atoms with Gasteiger partial charge in [-0.3, -0.25) is 4.79 Å². The summed E-state index contributed by atoms with van der Waals surface area (Å²) in [6.07, 6.45) is 2.44. The molecule has 1 N–H and O–H groups in total. The Bertz CT molecular complexity index is 790. The molecule has 0 bridgehead atoms. The number of aromatic nitrogens is 1. The van der Waals surface area contributed by atoms with Crippen molar-refractivity contribution in [3.8, 4) is 5.75 Å². The molecule has 0 radical (unpaired) electrons. The molecule has 4 heteroatoms. The van der Waals surface area contributed by atoms with Crippen LogP contribution in [0, 0.1) is 0 Å². The van der Waals surface area contributed by atoms with Crippen molar-refractivity contribution in [2.75, 3.05) is 13.7 Å². The van der Waals surface area contributed by atoms with Gasteiger partial charge in [0.2, 0.25) is 5.91 Å². The molecule has 0 atom stereocenters. The van der Waals surface area contributed by atoms with E-state index < -0.39 is 0 Å². The van der Waals surface area contributed by atoms with Gasteiger partial charge in [0, 0.05) is 24.8 Å². The summed E-state index contributed by atoms with van der Waals surface area (Å²) in [4.78, 5) is 12.0. The zero-order chi connectivity index (χ0) is 16.1. The number of rotatable bonds is 6. The molecule has 0 aliphatic rings. The number of hydrogen-bond acceptors (Lipinski definition) is 2. The van der Waals surface area contributed by atoms with Crippen LogP contribution in [0.5, 0.6) is 5.75 Å². The van der Waals surface area contributed by atoms with Crippen LogP contribution in [-0.4, -0.2) is 24.1 Å². The maximum atomic E-state index is 12.0. The lowest BCUT2D eigenvalue weighted by atomic mass is 10.1. The summed E-state index contributed by atoms with van der Waals surface area (Å²) in [5.41, 5.74) is 2.17. The summed E-state index contributed by atoms with van der Waals surface area (Å²) in [7, 11) is 1.63. The standard InChI is InChI=1S/C19H20N2O2/c1-23-17-8-6-15(7-9-17)14-19(22)20-11-13-21-12-10-16-4-2-3-5-18(16)21/h2-10,12H,11,13-14H2,1H3,(H,20,22). The van der Waals surface area contributed by atoms with E-state index in [0.29, 0.717) is 13.0 Å². The highest BCUT2D eigenvalue weighted by molar-refractivity contribution is 5.80. The van der Waals surface area contributed by atoms with E-state index in [1.165, 1.54) is 10.9 Å². The van der Waals surface area contributed by atoms with E-state index in [9.17, 15) is 4.79 Å². The van der Waals surface area contributed by atoms with E-state index in [2.05, 4.69) is 34.3 Å². The van der Waals surface area contributed by atoms with Crippen molar-refractivity contribution < 1.29 is 9.53 Å². The number of amides is 1. The van der Waals surface area contributed by atoms with E-state index in [-0.39, 0.29) is 5.91 Å². The highest BCUT2D eigenvalue weighted by Gasteiger charge is 2.04. The molecule has 1 heterocycles. The SMILES string of the molecule is COc1ccc(CC(=O)NCCn2ccc3ccccc32)cc1. The highest BCUT2D eigenvalue weighted by Crippen LogP contribution is 2.14. The number of hydrogen-bond donors (Lipinski definition) is 1. The number of ether oxygens (including phenoxy) is 1. The fourth-order valence-electron chi connectivity index (χ4n) is 2.64. The van der Waals surface area contributed by atoms with Crippen molar-refractivity contribution in [1.29, 1.82) is 0 Å². The van der Waals surface area contributed by atoms with Crippen molar-refractivity contribution in [1.82, 2.24) is 9.88 Å². The number of carbonyl (C=O) groups is 1. The van der Waals surface area contributed by atoms with E-state index in [0.717, 1.165) is 17.9 Å². The zero-order valence-corrected chi connectivity index (χ0v) is 13.2. The summed E-state index contributed by atoms with van der Waals surface area (Å²) in [6.45, 7) is 1.38. The maximum Gasteiger partial charge on any atom is 0.224 e. The minimum absolute atomic E-state index is 0.0339. The fourth-order valence-corrected chi connectivity index (χ4v) is 2.64. The van der Waals surface area contributed by atoms with Crippen LogP contribution in [0.4, 0.5) is 0 Å². The zero-order valence-electron chi connectivity index (χ0n) is 13.2. The lowest BCUT2D eigenvalue weighted by molar-refractivity contribution is -0.120. The van der Waals surface area contributed by atoms with Gasteiger partial charge in [0.15, 0.2) is 0 Å². The van der Waals surface area contributed by atoms with Gasteiger partial charge in [-0.05, 0) is 35.2 Å². The molecule has 0 aliphatic heterocycles. The maximum absolute atomic E-state index is 12.0. The molecule has 23 heavy (non-hydrogen) atoms. The van der Waals surface area contributed by atoms with Gasteiger partial charge >= 0.3 is 0 Å². The largest absolute Gasteiger partial charge is 0.497 e. The van der Waals surface area contributed by atoms with Crippen LogP contribution in [0.15, 0.2) is 60.8 Å². The Morgan fingerprint density at radius 3 is 2.65 bits per heavy atom. The molecule has 0 fully saturated rings. The summed E-state index contributed by atoms with van der Waals surface area (Å²) < 4.78 is 7.27. The molecule has 0 saturated carbocycles. The van der Waals surface area contributed by atoms with E-state index >= 15 is 0 Å². The molecule has 3 aromatic rings. The quantitative estimate of drug-likeness (QED) is 0.760. The number of benzene rings is 2. The second-order valence-corrected chi connectivity index (χ2v) is 5.44. The Kier molecular flexibility index (Phi) is 4.62. The van der Waals surface area contributed by atoms with E-state index in [1.54, 1.807) is 7.11 Å². The Morgan fingerprint density at radius 1 is 1.09 bits per heavy atom. The lowest BCUT2D eigenvalue weighted by Gasteiger charge is -2.08. The molecular weight excluding hydrogens is 288 g/mol. The molecule has 118 valence electrons. The molecule has 0 aliphatic carbocycles.